The molecule has 1 aromatic rings. The van der Waals surface area contributed by atoms with E-state index in [1.807, 2.05) is 38.1 Å². The van der Waals surface area contributed by atoms with E-state index < -0.39 is 5.79 Å². The van der Waals surface area contributed by atoms with Crippen molar-refractivity contribution in [2.45, 2.75) is 44.6 Å². The zero-order valence-corrected chi connectivity index (χ0v) is 12.5. The van der Waals surface area contributed by atoms with Crippen molar-refractivity contribution in [1.82, 2.24) is 5.32 Å². The molecule has 1 saturated carbocycles. The van der Waals surface area contributed by atoms with Gasteiger partial charge in [-0.15, -0.1) is 0 Å². The summed E-state index contributed by atoms with van der Waals surface area (Å²) in [6, 6.07) is 8.03. The summed E-state index contributed by atoms with van der Waals surface area (Å²) >= 11 is 0. The fourth-order valence-corrected chi connectivity index (χ4v) is 2.23. The van der Waals surface area contributed by atoms with Crippen molar-refractivity contribution in [1.29, 1.82) is 0 Å². The third-order valence-electron chi connectivity index (χ3n) is 3.69. The molecule has 1 aliphatic carbocycles. The van der Waals surface area contributed by atoms with Gasteiger partial charge in [-0.2, -0.15) is 0 Å². The summed E-state index contributed by atoms with van der Waals surface area (Å²) in [5.74, 6) is -0.488. The minimum absolute atomic E-state index is 0.00938. The average molecular weight is 290 g/mol. The SMILES string of the molecule is CC1(C)OCC(Nc2ccc(C(=O)NC3CC3)cc2)CO1. The van der Waals surface area contributed by atoms with Crippen LogP contribution in [0.5, 0.6) is 0 Å². The Labute approximate surface area is 125 Å². The lowest BCUT2D eigenvalue weighted by Crippen LogP contribution is -2.45. The maximum Gasteiger partial charge on any atom is 0.251 e. The van der Waals surface area contributed by atoms with Crippen LogP contribution in [0.1, 0.15) is 37.0 Å². The Balaban J connectivity index is 1.53. The van der Waals surface area contributed by atoms with Gasteiger partial charge in [0.05, 0.1) is 19.3 Å². The van der Waals surface area contributed by atoms with Gasteiger partial charge in [0.25, 0.3) is 5.91 Å². The molecular formula is C16H22N2O3. The molecular weight excluding hydrogens is 268 g/mol. The molecule has 1 heterocycles. The second-order valence-electron chi connectivity index (χ2n) is 6.19. The van der Waals surface area contributed by atoms with Gasteiger partial charge in [-0.25, -0.2) is 0 Å². The molecule has 1 amide bonds. The number of anilines is 1. The van der Waals surface area contributed by atoms with E-state index in [4.69, 9.17) is 9.47 Å². The molecule has 1 aliphatic heterocycles. The van der Waals surface area contributed by atoms with Crippen molar-refractivity contribution in [2.75, 3.05) is 18.5 Å². The Hall–Kier alpha value is -1.59. The summed E-state index contributed by atoms with van der Waals surface area (Å²) in [6.07, 6.45) is 2.20. The largest absolute Gasteiger partial charge is 0.378 e. The monoisotopic (exact) mass is 290 g/mol. The number of carbonyl (C=O) groups excluding carboxylic acids is 1. The quantitative estimate of drug-likeness (QED) is 0.892. The van der Waals surface area contributed by atoms with Crippen LogP contribution >= 0.6 is 0 Å². The van der Waals surface area contributed by atoms with Crippen molar-refractivity contribution < 1.29 is 14.3 Å². The van der Waals surface area contributed by atoms with E-state index in [1.54, 1.807) is 0 Å². The first kappa shape index (κ1) is 14.4. The van der Waals surface area contributed by atoms with E-state index in [9.17, 15) is 4.79 Å². The number of nitrogens with one attached hydrogen (secondary N) is 2. The normalized spacial score (nSPS) is 21.8. The number of amides is 1. The minimum Gasteiger partial charge on any atom is -0.378 e. The standard InChI is InChI=1S/C16H22N2O3/c1-16(2)20-9-14(10-21-16)17-12-5-3-11(4-6-12)15(19)18-13-7-8-13/h3-6,13-14,17H,7-10H2,1-2H3,(H,18,19). The van der Waals surface area contributed by atoms with Gasteiger partial charge >= 0.3 is 0 Å². The lowest BCUT2D eigenvalue weighted by molar-refractivity contribution is -0.247. The molecule has 1 saturated heterocycles. The van der Waals surface area contributed by atoms with Gasteiger partial charge in [0.1, 0.15) is 0 Å². The zero-order valence-electron chi connectivity index (χ0n) is 12.5. The molecule has 2 N–H and O–H groups in total. The van der Waals surface area contributed by atoms with Crippen LogP contribution in [0.3, 0.4) is 0 Å². The maximum atomic E-state index is 11.9. The molecule has 2 aliphatic rings. The Bertz CT molecular complexity index is 499. The molecule has 0 aromatic heterocycles. The first-order valence-electron chi connectivity index (χ1n) is 7.47. The molecule has 2 fully saturated rings. The predicted molar refractivity (Wildman–Crippen MR) is 80.3 cm³/mol. The topological polar surface area (TPSA) is 59.6 Å². The highest BCUT2D eigenvalue weighted by Gasteiger charge is 2.28. The summed E-state index contributed by atoms with van der Waals surface area (Å²) < 4.78 is 11.2. The lowest BCUT2D eigenvalue weighted by Gasteiger charge is -2.35. The Kier molecular flexibility index (Phi) is 3.87. The fraction of sp³-hybridized carbons (Fsp3) is 0.562. The van der Waals surface area contributed by atoms with Crippen molar-refractivity contribution >= 4 is 11.6 Å². The molecule has 0 radical (unpaired) electrons. The molecule has 21 heavy (non-hydrogen) atoms. The number of benzene rings is 1. The van der Waals surface area contributed by atoms with E-state index >= 15 is 0 Å². The highest BCUT2D eigenvalue weighted by Crippen LogP contribution is 2.21. The number of ether oxygens (including phenoxy) is 2. The molecule has 0 bridgehead atoms. The van der Waals surface area contributed by atoms with Gasteiger partial charge in [0.15, 0.2) is 5.79 Å². The molecule has 5 nitrogen and oxygen atoms in total. The summed E-state index contributed by atoms with van der Waals surface area (Å²) in [6.45, 7) is 5.04. The van der Waals surface area contributed by atoms with Gasteiger partial charge in [-0.3, -0.25) is 4.79 Å². The summed E-state index contributed by atoms with van der Waals surface area (Å²) in [5.41, 5.74) is 1.67. The zero-order chi connectivity index (χ0) is 14.9. The maximum absolute atomic E-state index is 11.9. The molecule has 0 unspecified atom stereocenters. The summed E-state index contributed by atoms with van der Waals surface area (Å²) in [7, 11) is 0. The smallest absolute Gasteiger partial charge is 0.251 e. The molecule has 5 heteroatoms. The van der Waals surface area contributed by atoms with E-state index in [-0.39, 0.29) is 11.9 Å². The van der Waals surface area contributed by atoms with E-state index in [0.717, 1.165) is 18.5 Å². The fourth-order valence-electron chi connectivity index (χ4n) is 2.23. The Morgan fingerprint density at radius 3 is 2.29 bits per heavy atom. The third kappa shape index (κ3) is 3.95. The van der Waals surface area contributed by atoms with Crippen molar-refractivity contribution in [3.05, 3.63) is 29.8 Å². The van der Waals surface area contributed by atoms with Crippen molar-refractivity contribution in [3.8, 4) is 0 Å². The molecule has 0 atom stereocenters. The molecule has 114 valence electrons. The van der Waals surface area contributed by atoms with Gasteiger partial charge in [-0.05, 0) is 51.0 Å². The number of carbonyl (C=O) groups is 1. The van der Waals surface area contributed by atoms with Gasteiger partial charge in [-0.1, -0.05) is 0 Å². The van der Waals surface area contributed by atoms with Crippen LogP contribution < -0.4 is 10.6 Å². The highest BCUT2D eigenvalue weighted by atomic mass is 16.7. The lowest BCUT2D eigenvalue weighted by atomic mass is 10.1. The van der Waals surface area contributed by atoms with E-state index in [0.29, 0.717) is 24.8 Å². The van der Waals surface area contributed by atoms with Gasteiger partial charge in [0.2, 0.25) is 0 Å². The van der Waals surface area contributed by atoms with Gasteiger partial charge in [0, 0.05) is 17.3 Å². The van der Waals surface area contributed by atoms with Crippen molar-refractivity contribution in [2.24, 2.45) is 0 Å². The average Bonchev–Trinajstić information content (AvgIpc) is 3.26. The Morgan fingerprint density at radius 2 is 1.71 bits per heavy atom. The van der Waals surface area contributed by atoms with Crippen LogP contribution in [0.4, 0.5) is 5.69 Å². The second-order valence-corrected chi connectivity index (χ2v) is 6.19. The van der Waals surface area contributed by atoms with E-state index in [1.165, 1.54) is 0 Å². The van der Waals surface area contributed by atoms with Crippen LogP contribution in [0.2, 0.25) is 0 Å². The van der Waals surface area contributed by atoms with Crippen LogP contribution in [0, 0.1) is 0 Å². The molecule has 3 rings (SSSR count). The van der Waals surface area contributed by atoms with Crippen LogP contribution in [-0.4, -0.2) is 37.0 Å². The predicted octanol–water partition coefficient (Wildman–Crippen LogP) is 2.14. The summed E-state index contributed by atoms with van der Waals surface area (Å²) in [4.78, 5) is 11.9. The van der Waals surface area contributed by atoms with E-state index in [2.05, 4.69) is 10.6 Å². The number of hydrogen-bond donors (Lipinski definition) is 2. The molecule has 1 aromatic carbocycles. The highest BCUT2D eigenvalue weighted by molar-refractivity contribution is 5.94. The third-order valence-corrected chi connectivity index (χ3v) is 3.69. The van der Waals surface area contributed by atoms with Crippen LogP contribution in [0.25, 0.3) is 0 Å². The molecule has 0 spiro atoms. The van der Waals surface area contributed by atoms with Gasteiger partial charge < -0.3 is 20.1 Å². The minimum atomic E-state index is -0.497. The van der Waals surface area contributed by atoms with Crippen LogP contribution in [-0.2, 0) is 9.47 Å². The Morgan fingerprint density at radius 1 is 1.10 bits per heavy atom. The van der Waals surface area contributed by atoms with Crippen LogP contribution in [0.15, 0.2) is 24.3 Å². The van der Waals surface area contributed by atoms with Crippen molar-refractivity contribution in [3.63, 3.8) is 0 Å². The first-order chi connectivity index (χ1) is 10.0. The second kappa shape index (κ2) is 5.66. The summed E-state index contributed by atoms with van der Waals surface area (Å²) in [5, 5.41) is 6.34. The first-order valence-corrected chi connectivity index (χ1v) is 7.47. The number of rotatable bonds is 4. The number of hydrogen-bond acceptors (Lipinski definition) is 4.